The van der Waals surface area contributed by atoms with Gasteiger partial charge in [0.2, 0.25) is 0 Å². The highest BCUT2D eigenvalue weighted by Gasteiger charge is 2.29. The molecule has 0 radical (unpaired) electrons. The maximum Gasteiger partial charge on any atom is 0.419 e. The first kappa shape index (κ1) is 12.2. The van der Waals surface area contributed by atoms with Gasteiger partial charge < -0.3 is 15.3 Å². The summed E-state index contributed by atoms with van der Waals surface area (Å²) < 4.78 is 6.33. The average molecular weight is 250 g/mol. The molecular formula is C12H14N2O4. The highest BCUT2D eigenvalue weighted by atomic mass is 16.4. The largest absolute Gasteiger partial charge is 0.481 e. The van der Waals surface area contributed by atoms with E-state index in [-0.39, 0.29) is 6.54 Å². The summed E-state index contributed by atoms with van der Waals surface area (Å²) in [4.78, 5) is 22.8. The number of aliphatic carboxylic acids is 1. The molecule has 0 saturated heterocycles. The number of carboxylic acid groups (broad SMARTS) is 1. The molecule has 2 rings (SSSR count). The van der Waals surface area contributed by atoms with E-state index in [1.165, 1.54) is 4.57 Å². The van der Waals surface area contributed by atoms with Crippen molar-refractivity contribution < 1.29 is 14.3 Å². The quantitative estimate of drug-likeness (QED) is 0.800. The van der Waals surface area contributed by atoms with Gasteiger partial charge in [-0.1, -0.05) is 0 Å². The predicted octanol–water partition coefficient (Wildman–Crippen LogP) is 1.29. The Balaban J connectivity index is 2.57. The summed E-state index contributed by atoms with van der Waals surface area (Å²) in [6.07, 6.45) is 0. The van der Waals surface area contributed by atoms with Crippen molar-refractivity contribution in [1.82, 2.24) is 4.57 Å². The molecule has 6 heteroatoms. The van der Waals surface area contributed by atoms with Crippen LogP contribution >= 0.6 is 0 Å². The van der Waals surface area contributed by atoms with Crippen LogP contribution in [0.15, 0.2) is 27.4 Å². The summed E-state index contributed by atoms with van der Waals surface area (Å²) in [7, 11) is 0. The monoisotopic (exact) mass is 250 g/mol. The van der Waals surface area contributed by atoms with Crippen LogP contribution in [0.5, 0.6) is 0 Å². The van der Waals surface area contributed by atoms with Gasteiger partial charge in [0, 0.05) is 12.2 Å². The van der Waals surface area contributed by atoms with Crippen molar-refractivity contribution in [2.24, 2.45) is 5.41 Å². The van der Waals surface area contributed by atoms with E-state index < -0.39 is 17.1 Å². The van der Waals surface area contributed by atoms with Gasteiger partial charge in [-0.2, -0.15) is 0 Å². The average Bonchev–Trinajstić information content (AvgIpc) is 2.55. The van der Waals surface area contributed by atoms with E-state index in [0.29, 0.717) is 16.8 Å². The zero-order valence-corrected chi connectivity index (χ0v) is 10.1. The number of nitrogens with zero attached hydrogens (tertiary/aromatic N) is 1. The molecule has 96 valence electrons. The van der Waals surface area contributed by atoms with Crippen molar-refractivity contribution in [2.45, 2.75) is 20.4 Å². The van der Waals surface area contributed by atoms with Gasteiger partial charge in [0.15, 0.2) is 5.58 Å². The Bertz CT molecular complexity index is 666. The van der Waals surface area contributed by atoms with E-state index >= 15 is 0 Å². The van der Waals surface area contributed by atoms with Crippen LogP contribution in [0.2, 0.25) is 0 Å². The van der Waals surface area contributed by atoms with Crippen LogP contribution in [0.1, 0.15) is 13.8 Å². The van der Waals surface area contributed by atoms with Gasteiger partial charge in [-0.05, 0) is 32.0 Å². The van der Waals surface area contributed by atoms with Crippen molar-refractivity contribution in [3.63, 3.8) is 0 Å². The molecule has 0 atom stereocenters. The number of benzene rings is 1. The van der Waals surface area contributed by atoms with E-state index in [4.69, 9.17) is 15.3 Å². The Morgan fingerprint density at radius 2 is 2.17 bits per heavy atom. The molecule has 0 aliphatic rings. The van der Waals surface area contributed by atoms with Crippen LogP contribution in [0.25, 0.3) is 11.1 Å². The maximum atomic E-state index is 11.7. The molecule has 18 heavy (non-hydrogen) atoms. The smallest absolute Gasteiger partial charge is 0.419 e. The summed E-state index contributed by atoms with van der Waals surface area (Å²) in [5, 5.41) is 9.09. The van der Waals surface area contributed by atoms with Crippen LogP contribution < -0.4 is 11.5 Å². The lowest BCUT2D eigenvalue weighted by Gasteiger charge is -2.18. The highest BCUT2D eigenvalue weighted by Crippen LogP contribution is 2.22. The first-order valence-corrected chi connectivity index (χ1v) is 5.43. The predicted molar refractivity (Wildman–Crippen MR) is 66.3 cm³/mol. The number of fused-ring (bicyclic) bond motifs is 1. The Morgan fingerprint density at radius 3 is 2.78 bits per heavy atom. The second-order valence-corrected chi connectivity index (χ2v) is 4.87. The number of nitrogen functional groups attached to an aromatic ring is 1. The lowest BCUT2D eigenvalue weighted by molar-refractivity contribution is -0.147. The highest BCUT2D eigenvalue weighted by molar-refractivity contribution is 5.78. The summed E-state index contributed by atoms with van der Waals surface area (Å²) >= 11 is 0. The molecule has 1 heterocycles. The molecule has 0 spiro atoms. The zero-order chi connectivity index (χ0) is 13.5. The van der Waals surface area contributed by atoms with Crippen LogP contribution in [0.3, 0.4) is 0 Å². The van der Waals surface area contributed by atoms with Gasteiger partial charge in [0.05, 0.1) is 10.9 Å². The molecule has 0 aliphatic carbocycles. The zero-order valence-electron chi connectivity index (χ0n) is 10.1. The Morgan fingerprint density at radius 1 is 1.50 bits per heavy atom. The molecule has 1 aromatic carbocycles. The summed E-state index contributed by atoms with van der Waals surface area (Å²) in [5.74, 6) is -1.56. The molecule has 6 nitrogen and oxygen atoms in total. The fraction of sp³-hybridized carbons (Fsp3) is 0.333. The van der Waals surface area contributed by atoms with Crippen LogP contribution in [-0.4, -0.2) is 15.6 Å². The van der Waals surface area contributed by atoms with E-state index in [9.17, 15) is 9.59 Å². The van der Waals surface area contributed by atoms with E-state index in [1.54, 1.807) is 32.0 Å². The fourth-order valence-electron chi connectivity index (χ4n) is 1.69. The van der Waals surface area contributed by atoms with Gasteiger partial charge in [0.25, 0.3) is 0 Å². The summed E-state index contributed by atoms with van der Waals surface area (Å²) in [6, 6.07) is 4.81. The van der Waals surface area contributed by atoms with Crippen LogP contribution in [0.4, 0.5) is 5.69 Å². The van der Waals surface area contributed by atoms with Gasteiger partial charge in [0.1, 0.15) is 0 Å². The Hall–Kier alpha value is -2.24. The van der Waals surface area contributed by atoms with Crippen molar-refractivity contribution in [3.8, 4) is 0 Å². The third-order valence-electron chi connectivity index (χ3n) is 2.82. The lowest BCUT2D eigenvalue weighted by Crippen LogP contribution is -2.32. The second kappa shape index (κ2) is 3.90. The molecule has 0 amide bonds. The van der Waals surface area contributed by atoms with Gasteiger partial charge in [-0.25, -0.2) is 4.79 Å². The van der Waals surface area contributed by atoms with E-state index in [1.807, 2.05) is 0 Å². The number of carbonyl (C=O) groups is 1. The second-order valence-electron chi connectivity index (χ2n) is 4.87. The molecule has 2 aromatic rings. The third-order valence-corrected chi connectivity index (χ3v) is 2.82. The topological polar surface area (TPSA) is 98.5 Å². The SMILES string of the molecule is CC(C)(Cn1c(=O)oc2ccc(N)cc21)C(=O)O. The number of aromatic nitrogens is 1. The van der Waals surface area contributed by atoms with Crippen molar-refractivity contribution in [2.75, 3.05) is 5.73 Å². The molecule has 0 aliphatic heterocycles. The first-order chi connectivity index (χ1) is 8.31. The number of hydrogen-bond acceptors (Lipinski definition) is 4. The molecule has 1 aromatic heterocycles. The van der Waals surface area contributed by atoms with E-state index in [2.05, 4.69) is 0 Å². The molecule has 0 unspecified atom stereocenters. The van der Waals surface area contributed by atoms with Crippen molar-refractivity contribution in [3.05, 3.63) is 28.7 Å². The molecule has 0 fully saturated rings. The van der Waals surface area contributed by atoms with Gasteiger partial charge in [-0.15, -0.1) is 0 Å². The summed E-state index contributed by atoms with van der Waals surface area (Å²) in [6.45, 7) is 3.12. The number of nitrogens with two attached hydrogens (primary N) is 1. The molecule has 0 bridgehead atoms. The minimum atomic E-state index is -1.06. The molecule has 0 saturated carbocycles. The molecular weight excluding hydrogens is 236 g/mol. The van der Waals surface area contributed by atoms with Gasteiger partial charge in [-0.3, -0.25) is 9.36 Å². The minimum Gasteiger partial charge on any atom is -0.481 e. The number of oxazole rings is 1. The third kappa shape index (κ3) is 1.97. The Labute approximate surface area is 103 Å². The number of hydrogen-bond donors (Lipinski definition) is 2. The molecule has 3 N–H and O–H groups in total. The van der Waals surface area contributed by atoms with Crippen molar-refractivity contribution in [1.29, 1.82) is 0 Å². The number of rotatable bonds is 3. The maximum absolute atomic E-state index is 11.7. The van der Waals surface area contributed by atoms with Crippen LogP contribution in [0, 0.1) is 5.41 Å². The normalized spacial score (nSPS) is 11.9. The Kier molecular flexibility index (Phi) is 2.65. The summed E-state index contributed by atoms with van der Waals surface area (Å²) in [5.41, 5.74) is 5.99. The van der Waals surface area contributed by atoms with E-state index in [0.717, 1.165) is 0 Å². The number of anilines is 1. The van der Waals surface area contributed by atoms with Crippen LogP contribution in [-0.2, 0) is 11.3 Å². The van der Waals surface area contributed by atoms with Crippen molar-refractivity contribution >= 4 is 22.8 Å². The standard InChI is InChI=1S/C12H14N2O4/c1-12(2,10(15)16)6-14-8-5-7(13)3-4-9(8)18-11(14)17/h3-5H,6,13H2,1-2H3,(H,15,16). The fourth-order valence-corrected chi connectivity index (χ4v) is 1.69. The number of carboxylic acids is 1. The lowest BCUT2D eigenvalue weighted by atomic mass is 9.94. The van der Waals surface area contributed by atoms with Gasteiger partial charge >= 0.3 is 11.7 Å². The first-order valence-electron chi connectivity index (χ1n) is 5.43. The minimum absolute atomic E-state index is 0.0254.